The quantitative estimate of drug-likeness (QED) is 0.736. The minimum absolute atomic E-state index is 0.0728. The molecule has 0 saturated heterocycles. The summed E-state index contributed by atoms with van der Waals surface area (Å²) in [6, 6.07) is 0. The van der Waals surface area contributed by atoms with Crippen molar-refractivity contribution in [2.45, 2.75) is 13.0 Å². The van der Waals surface area contributed by atoms with Gasteiger partial charge in [-0.25, -0.2) is 4.68 Å². The molecule has 0 amide bonds. The van der Waals surface area contributed by atoms with E-state index in [2.05, 4.69) is 15.2 Å². The van der Waals surface area contributed by atoms with Gasteiger partial charge in [0.1, 0.15) is 5.02 Å². The van der Waals surface area contributed by atoms with E-state index >= 15 is 0 Å². The molecular weight excluding hydrogens is 284 g/mol. The van der Waals surface area contributed by atoms with Crippen LogP contribution < -0.4 is 10.9 Å². The number of carbonyl (C=O) groups excluding carboxylic acids is 1. The molecule has 0 aliphatic heterocycles. The Morgan fingerprint density at radius 1 is 1.55 bits per heavy atom. The Bertz CT molecular complexity index is 516. The van der Waals surface area contributed by atoms with Crippen molar-refractivity contribution in [2.24, 2.45) is 0 Å². The Morgan fingerprint density at radius 3 is 2.85 bits per heavy atom. The maximum absolute atomic E-state index is 12.0. The number of hydrogen-bond acceptors (Lipinski definition) is 6. The van der Waals surface area contributed by atoms with Crippen LogP contribution in [-0.4, -0.2) is 54.9 Å². The van der Waals surface area contributed by atoms with E-state index in [1.807, 2.05) is 19.0 Å². The van der Waals surface area contributed by atoms with Crippen molar-refractivity contribution in [1.82, 2.24) is 14.7 Å². The zero-order valence-electron chi connectivity index (χ0n) is 11.9. The number of hydrogen-bond donors (Lipinski definition) is 1. The molecule has 1 N–H and O–H groups in total. The summed E-state index contributed by atoms with van der Waals surface area (Å²) in [7, 11) is 5.15. The Morgan fingerprint density at radius 2 is 2.25 bits per heavy atom. The van der Waals surface area contributed by atoms with E-state index < -0.39 is 0 Å². The van der Waals surface area contributed by atoms with Crippen LogP contribution in [0.3, 0.4) is 0 Å². The molecule has 0 radical (unpaired) electrons. The highest BCUT2D eigenvalue weighted by molar-refractivity contribution is 6.32. The Kier molecular flexibility index (Phi) is 6.47. The van der Waals surface area contributed by atoms with Gasteiger partial charge in [-0.05, 0) is 14.1 Å². The van der Waals surface area contributed by atoms with Crippen molar-refractivity contribution in [2.75, 3.05) is 39.6 Å². The first-order chi connectivity index (χ1) is 9.45. The second-order valence-electron chi connectivity index (χ2n) is 4.46. The number of anilines is 1. The molecule has 0 unspecified atom stereocenters. The fourth-order valence-corrected chi connectivity index (χ4v) is 1.66. The van der Waals surface area contributed by atoms with Crippen LogP contribution in [0.25, 0.3) is 0 Å². The van der Waals surface area contributed by atoms with E-state index in [4.69, 9.17) is 11.6 Å². The lowest BCUT2D eigenvalue weighted by molar-refractivity contribution is -0.140. The lowest BCUT2D eigenvalue weighted by Gasteiger charge is -2.12. The molecule has 7 nitrogen and oxygen atoms in total. The second-order valence-corrected chi connectivity index (χ2v) is 4.83. The molecule has 0 saturated carbocycles. The first kappa shape index (κ1) is 16.5. The monoisotopic (exact) mass is 302 g/mol. The first-order valence-electron chi connectivity index (χ1n) is 6.16. The topological polar surface area (TPSA) is 76.5 Å². The van der Waals surface area contributed by atoms with Gasteiger partial charge in [-0.15, -0.1) is 0 Å². The predicted molar refractivity (Wildman–Crippen MR) is 77.2 cm³/mol. The first-order valence-corrected chi connectivity index (χ1v) is 6.54. The summed E-state index contributed by atoms with van der Waals surface area (Å²) in [5.41, 5.74) is 0.0678. The normalized spacial score (nSPS) is 10.7. The number of methoxy groups -OCH3 is 1. The number of nitrogens with zero attached hydrogens (tertiary/aromatic N) is 3. The molecule has 112 valence electrons. The molecule has 8 heteroatoms. The molecule has 1 rings (SSSR count). The van der Waals surface area contributed by atoms with Crippen LogP contribution in [0.1, 0.15) is 6.42 Å². The Hall–Kier alpha value is -1.60. The fourth-order valence-electron chi connectivity index (χ4n) is 1.44. The number of halogens is 1. The van der Waals surface area contributed by atoms with Gasteiger partial charge < -0.3 is 15.0 Å². The lowest BCUT2D eigenvalue weighted by Crippen LogP contribution is -2.29. The van der Waals surface area contributed by atoms with Gasteiger partial charge in [0.2, 0.25) is 0 Å². The zero-order chi connectivity index (χ0) is 15.1. The van der Waals surface area contributed by atoms with Crippen LogP contribution in [0.2, 0.25) is 5.02 Å². The van der Waals surface area contributed by atoms with Gasteiger partial charge in [0.05, 0.1) is 32.0 Å². The van der Waals surface area contributed by atoms with E-state index in [-0.39, 0.29) is 23.0 Å². The summed E-state index contributed by atoms with van der Waals surface area (Å²) >= 11 is 6.00. The van der Waals surface area contributed by atoms with Gasteiger partial charge >= 0.3 is 5.97 Å². The number of aromatic nitrogens is 2. The van der Waals surface area contributed by atoms with Crippen LogP contribution in [0.4, 0.5) is 5.69 Å². The third-order valence-corrected chi connectivity index (χ3v) is 2.98. The molecule has 1 aromatic rings. The van der Waals surface area contributed by atoms with Gasteiger partial charge in [-0.3, -0.25) is 9.59 Å². The third kappa shape index (κ3) is 4.82. The van der Waals surface area contributed by atoms with Crippen molar-refractivity contribution < 1.29 is 9.53 Å². The highest BCUT2D eigenvalue weighted by Gasteiger charge is 2.09. The standard InChI is InChI=1S/C12H19ClN4O3/c1-16(2)6-7-17-12(19)11(13)9(8-15-17)14-5-4-10(18)20-3/h8,14H,4-7H2,1-3H3. The summed E-state index contributed by atoms with van der Waals surface area (Å²) < 4.78 is 5.83. The summed E-state index contributed by atoms with van der Waals surface area (Å²) in [4.78, 5) is 24.9. The molecule has 0 atom stereocenters. The molecule has 0 aromatic carbocycles. The third-order valence-electron chi connectivity index (χ3n) is 2.62. The SMILES string of the molecule is COC(=O)CCNc1cnn(CCN(C)C)c(=O)c1Cl. The van der Waals surface area contributed by atoms with Crippen LogP contribution in [0.15, 0.2) is 11.0 Å². The van der Waals surface area contributed by atoms with E-state index in [1.165, 1.54) is 18.0 Å². The van der Waals surface area contributed by atoms with Gasteiger partial charge in [0.15, 0.2) is 0 Å². The van der Waals surface area contributed by atoms with E-state index in [9.17, 15) is 9.59 Å². The minimum Gasteiger partial charge on any atom is -0.469 e. The van der Waals surface area contributed by atoms with Crippen LogP contribution in [0, 0.1) is 0 Å². The summed E-state index contributed by atoms with van der Waals surface area (Å²) in [6.45, 7) is 1.49. The summed E-state index contributed by atoms with van der Waals surface area (Å²) in [5, 5.41) is 7.01. The van der Waals surface area contributed by atoms with Gasteiger partial charge in [0.25, 0.3) is 5.56 Å². The number of carbonyl (C=O) groups is 1. The van der Waals surface area contributed by atoms with Crippen molar-refractivity contribution in [3.05, 3.63) is 21.6 Å². The molecule has 0 spiro atoms. The van der Waals surface area contributed by atoms with Gasteiger partial charge in [-0.2, -0.15) is 5.10 Å². The van der Waals surface area contributed by atoms with Gasteiger partial charge in [0, 0.05) is 13.1 Å². The maximum Gasteiger partial charge on any atom is 0.307 e. The molecule has 0 fully saturated rings. The Labute approximate surface area is 122 Å². The number of rotatable bonds is 7. The number of nitrogens with one attached hydrogen (secondary N) is 1. The molecule has 20 heavy (non-hydrogen) atoms. The molecule has 0 aliphatic rings. The molecular formula is C12H19ClN4O3. The van der Waals surface area contributed by atoms with E-state index in [0.717, 1.165) is 0 Å². The largest absolute Gasteiger partial charge is 0.469 e. The van der Waals surface area contributed by atoms with E-state index in [0.29, 0.717) is 25.3 Å². The maximum atomic E-state index is 12.0. The second kappa shape index (κ2) is 7.86. The van der Waals surface area contributed by atoms with Crippen molar-refractivity contribution in [3.63, 3.8) is 0 Å². The lowest BCUT2D eigenvalue weighted by atomic mass is 10.4. The number of likely N-dealkylation sites (N-methyl/N-ethyl adjacent to an activating group) is 1. The van der Waals surface area contributed by atoms with E-state index in [1.54, 1.807) is 0 Å². The average molecular weight is 303 g/mol. The van der Waals surface area contributed by atoms with Gasteiger partial charge in [-0.1, -0.05) is 11.6 Å². The fraction of sp³-hybridized carbons (Fsp3) is 0.583. The Balaban J connectivity index is 2.69. The molecule has 0 bridgehead atoms. The number of ether oxygens (including phenoxy) is 1. The van der Waals surface area contributed by atoms with Crippen molar-refractivity contribution in [1.29, 1.82) is 0 Å². The molecule has 0 aliphatic carbocycles. The highest BCUT2D eigenvalue weighted by Crippen LogP contribution is 2.14. The summed E-state index contributed by atoms with van der Waals surface area (Å²) in [5.74, 6) is -0.332. The van der Waals surface area contributed by atoms with Crippen LogP contribution in [-0.2, 0) is 16.1 Å². The highest BCUT2D eigenvalue weighted by atomic mass is 35.5. The molecule has 1 aromatic heterocycles. The molecule has 1 heterocycles. The smallest absolute Gasteiger partial charge is 0.307 e. The average Bonchev–Trinajstić information content (AvgIpc) is 2.42. The summed E-state index contributed by atoms with van der Waals surface area (Å²) in [6.07, 6.45) is 1.67. The predicted octanol–water partition coefficient (Wildman–Crippen LogP) is 0.433. The number of esters is 1. The van der Waals surface area contributed by atoms with Crippen molar-refractivity contribution >= 4 is 23.3 Å². The van der Waals surface area contributed by atoms with Crippen LogP contribution >= 0.6 is 11.6 Å². The zero-order valence-corrected chi connectivity index (χ0v) is 12.6. The van der Waals surface area contributed by atoms with Crippen LogP contribution in [0.5, 0.6) is 0 Å². The minimum atomic E-state index is -0.350. The van der Waals surface area contributed by atoms with Crippen molar-refractivity contribution in [3.8, 4) is 0 Å².